The van der Waals surface area contributed by atoms with Crippen molar-refractivity contribution in [3.05, 3.63) is 0 Å². The van der Waals surface area contributed by atoms with E-state index in [0.29, 0.717) is 25.7 Å². The van der Waals surface area contributed by atoms with Crippen molar-refractivity contribution in [3.8, 4) is 0 Å². The van der Waals surface area contributed by atoms with E-state index in [9.17, 15) is 9.36 Å². The first-order chi connectivity index (χ1) is 9.38. The van der Waals surface area contributed by atoms with Crippen molar-refractivity contribution in [1.29, 1.82) is 0 Å². The largest absolute Gasteiger partial charge is 0.413 e. The van der Waals surface area contributed by atoms with Crippen LogP contribution in [0.1, 0.15) is 45.4 Å². The Morgan fingerprint density at radius 3 is 2.35 bits per heavy atom. The van der Waals surface area contributed by atoms with E-state index in [1.54, 1.807) is 0 Å². The minimum atomic E-state index is -4.60. The van der Waals surface area contributed by atoms with E-state index in [0.717, 1.165) is 0 Å². The molecule has 0 unspecified atom stereocenters. The van der Waals surface area contributed by atoms with Gasteiger partial charge in [0.25, 0.3) is 0 Å². The summed E-state index contributed by atoms with van der Waals surface area (Å²) >= 11 is 0. The molecule has 0 spiro atoms. The lowest BCUT2D eigenvalue weighted by Gasteiger charge is -2.15. The molecule has 0 aromatic heterocycles. The molecule has 7 nitrogen and oxygen atoms in total. The summed E-state index contributed by atoms with van der Waals surface area (Å²) in [6, 6.07) is 0.536. The summed E-state index contributed by atoms with van der Waals surface area (Å²) in [4.78, 5) is 27.3. The Hall–Kier alpha value is -0.460. The maximum absolute atomic E-state index is 10.6. The van der Waals surface area contributed by atoms with Crippen molar-refractivity contribution in [2.75, 3.05) is 19.8 Å². The van der Waals surface area contributed by atoms with Crippen LogP contribution < -0.4 is 11.1 Å². The number of ether oxygens (including phenoxy) is 1. The molecule has 120 valence electrons. The molecule has 1 rings (SSSR count). The van der Waals surface area contributed by atoms with Gasteiger partial charge in [0.15, 0.2) is 0 Å². The number of carbonyl (C=O) groups is 1. The van der Waals surface area contributed by atoms with Crippen molar-refractivity contribution < 1.29 is 23.9 Å². The van der Waals surface area contributed by atoms with Gasteiger partial charge in [-0.15, -0.1) is 0 Å². The van der Waals surface area contributed by atoms with Crippen LogP contribution in [0.2, 0.25) is 0 Å². The van der Waals surface area contributed by atoms with Gasteiger partial charge in [-0.05, 0) is 26.2 Å². The topological polar surface area (TPSA) is 122 Å². The van der Waals surface area contributed by atoms with Crippen LogP contribution >= 0.6 is 7.60 Å². The fraction of sp³-hybridized carbons (Fsp3) is 0.917. The number of hydrogen-bond acceptors (Lipinski definition) is 4. The van der Waals surface area contributed by atoms with Gasteiger partial charge in [0.05, 0.1) is 0 Å². The Bertz CT molecular complexity index is 302. The molecule has 0 heterocycles. The number of amides is 1. The zero-order valence-electron chi connectivity index (χ0n) is 12.1. The summed E-state index contributed by atoms with van der Waals surface area (Å²) < 4.78 is 15.3. The predicted octanol–water partition coefficient (Wildman–Crippen LogP) is 1.58. The molecule has 0 aromatic rings. The monoisotopic (exact) mass is 310 g/mol. The Morgan fingerprint density at radius 1 is 1.35 bits per heavy atom. The Balaban J connectivity index is 0.000000428. The molecule has 20 heavy (non-hydrogen) atoms. The van der Waals surface area contributed by atoms with Gasteiger partial charge in [0.1, 0.15) is 0 Å². The van der Waals surface area contributed by atoms with Crippen molar-refractivity contribution in [3.63, 3.8) is 0 Å². The summed E-state index contributed by atoms with van der Waals surface area (Å²) in [6.07, 6.45) is 7.20. The lowest BCUT2D eigenvalue weighted by atomic mass is 9.97. The van der Waals surface area contributed by atoms with Gasteiger partial charge >= 0.3 is 13.2 Å². The number of hydrogen-bond donors (Lipinski definition) is 4. The summed E-state index contributed by atoms with van der Waals surface area (Å²) in [5, 5.41) is 2.10. The van der Waals surface area contributed by atoms with E-state index < -0.39 is 13.2 Å². The van der Waals surface area contributed by atoms with Gasteiger partial charge in [-0.3, -0.25) is 4.79 Å². The van der Waals surface area contributed by atoms with Crippen LogP contribution in [-0.4, -0.2) is 41.2 Å². The highest BCUT2D eigenvalue weighted by Crippen LogP contribution is 2.34. The van der Waals surface area contributed by atoms with Crippen LogP contribution in [0.25, 0.3) is 0 Å². The highest BCUT2D eigenvalue weighted by Gasteiger charge is 2.24. The van der Waals surface area contributed by atoms with Gasteiger partial charge in [0.2, 0.25) is 0 Å². The molecule has 1 aliphatic rings. The van der Waals surface area contributed by atoms with E-state index in [4.69, 9.17) is 20.3 Å². The highest BCUT2D eigenvalue weighted by molar-refractivity contribution is 7.69. The first kappa shape index (κ1) is 19.5. The summed E-state index contributed by atoms with van der Waals surface area (Å²) in [7, 11) is -4.60. The molecule has 1 amide bonds. The molecule has 1 aliphatic carbocycles. The van der Waals surface area contributed by atoms with Crippen molar-refractivity contribution in [2.45, 2.75) is 51.5 Å². The Kier molecular flexibility index (Phi) is 11.0. The first-order valence-corrected chi connectivity index (χ1v) is 8.66. The highest BCUT2D eigenvalue weighted by atomic mass is 31.2. The van der Waals surface area contributed by atoms with Crippen molar-refractivity contribution >= 4 is 13.2 Å². The minimum absolute atomic E-state index is 0.212. The number of nitrogens with two attached hydrogens (primary N) is 1. The quantitative estimate of drug-likeness (QED) is 0.436. The lowest BCUT2D eigenvalue weighted by Crippen LogP contribution is -2.23. The third-order valence-corrected chi connectivity index (χ3v) is 3.55. The molecular weight excluding hydrogens is 283 g/mol. The summed E-state index contributed by atoms with van der Waals surface area (Å²) in [6.45, 7) is 3.11. The third kappa shape index (κ3) is 11.4. The van der Waals surface area contributed by atoms with Gasteiger partial charge in [-0.25, -0.2) is 4.57 Å². The fourth-order valence-electron chi connectivity index (χ4n) is 1.75. The maximum Gasteiger partial charge on any atom is 0.413 e. The van der Waals surface area contributed by atoms with Crippen LogP contribution in [0.3, 0.4) is 0 Å². The van der Waals surface area contributed by atoms with E-state index in [2.05, 4.69) is 5.32 Å². The molecular formula is C12H27N2O5P. The predicted molar refractivity (Wildman–Crippen MR) is 77.6 cm³/mol. The normalized spacial score (nSPS) is 16.2. The molecule has 0 aromatic carbocycles. The minimum Gasteiger partial charge on any atom is -0.382 e. The second-order valence-electron chi connectivity index (χ2n) is 4.72. The molecule has 0 atom stereocenters. The van der Waals surface area contributed by atoms with Crippen molar-refractivity contribution in [1.82, 2.24) is 5.32 Å². The van der Waals surface area contributed by atoms with E-state index in [1.165, 1.54) is 32.1 Å². The molecule has 0 saturated heterocycles. The SMILES string of the molecule is CCOCCCNC(=O)P(=O)(O)O.NC1CCCCC1. The molecule has 1 saturated carbocycles. The Labute approximate surface area is 120 Å². The molecule has 8 heteroatoms. The zero-order valence-corrected chi connectivity index (χ0v) is 13.0. The average molecular weight is 310 g/mol. The van der Waals surface area contributed by atoms with Crippen LogP contribution in [0.5, 0.6) is 0 Å². The smallest absolute Gasteiger partial charge is 0.382 e. The van der Waals surface area contributed by atoms with Gasteiger partial charge in [-0.2, -0.15) is 0 Å². The maximum atomic E-state index is 10.6. The summed E-state index contributed by atoms with van der Waals surface area (Å²) in [5.41, 5.74) is 4.40. The van der Waals surface area contributed by atoms with E-state index in [-0.39, 0.29) is 6.54 Å². The average Bonchev–Trinajstić information content (AvgIpc) is 2.39. The number of carbonyl (C=O) groups excluding carboxylic acids is 1. The molecule has 5 N–H and O–H groups in total. The standard InChI is InChI=1S/C6H14NO5P.C6H13N/c1-2-12-5-3-4-7-6(8)13(9,10)11;7-6-4-2-1-3-5-6/h2-5H2,1H3,(H,7,8)(H2,9,10,11);6H,1-5,7H2. The van der Waals surface area contributed by atoms with Gasteiger partial charge in [0, 0.05) is 25.8 Å². The van der Waals surface area contributed by atoms with E-state index >= 15 is 0 Å². The summed E-state index contributed by atoms with van der Waals surface area (Å²) in [5.74, 6) is 0. The molecule has 0 radical (unpaired) electrons. The van der Waals surface area contributed by atoms with Gasteiger partial charge < -0.3 is 25.6 Å². The number of nitrogens with one attached hydrogen (secondary N) is 1. The van der Waals surface area contributed by atoms with Crippen molar-refractivity contribution in [2.24, 2.45) is 5.73 Å². The van der Waals surface area contributed by atoms with Crippen LogP contribution in [0, 0.1) is 0 Å². The van der Waals surface area contributed by atoms with Crippen LogP contribution in [0.15, 0.2) is 0 Å². The van der Waals surface area contributed by atoms with Gasteiger partial charge in [-0.1, -0.05) is 19.3 Å². The second kappa shape index (κ2) is 11.2. The lowest BCUT2D eigenvalue weighted by molar-refractivity contribution is 0.145. The first-order valence-electron chi connectivity index (χ1n) is 7.05. The zero-order chi connectivity index (χ0) is 15.4. The molecule has 0 aliphatic heterocycles. The van der Waals surface area contributed by atoms with E-state index in [1.807, 2.05) is 6.92 Å². The number of rotatable bonds is 6. The Morgan fingerprint density at radius 2 is 1.95 bits per heavy atom. The fourth-order valence-corrected chi connectivity index (χ4v) is 2.07. The molecule has 0 bridgehead atoms. The van der Waals surface area contributed by atoms with Crippen LogP contribution in [-0.2, 0) is 9.30 Å². The second-order valence-corrected chi connectivity index (χ2v) is 6.22. The third-order valence-electron chi connectivity index (χ3n) is 2.86. The van der Waals surface area contributed by atoms with Crippen LogP contribution in [0.4, 0.5) is 4.79 Å². The molecule has 1 fully saturated rings.